The van der Waals surface area contributed by atoms with Gasteiger partial charge >= 0.3 is 0 Å². The fourth-order valence-corrected chi connectivity index (χ4v) is 20.1. The first-order chi connectivity index (χ1) is 37.5. The van der Waals surface area contributed by atoms with Crippen LogP contribution >= 0.6 is 0 Å². The summed E-state index contributed by atoms with van der Waals surface area (Å²) >= 11 is 0. The Morgan fingerprint density at radius 2 is 0.727 bits per heavy atom. The minimum absolute atomic E-state index is 0.172. The zero-order valence-electron chi connectivity index (χ0n) is 44.5. The van der Waals surface area contributed by atoms with E-state index in [0.29, 0.717) is 0 Å². The van der Waals surface area contributed by atoms with E-state index in [0.717, 1.165) is 11.4 Å². The molecule has 0 fully saturated rings. The molecule has 12 aromatic carbocycles. The normalized spacial score (nSPS) is 15.1. The summed E-state index contributed by atoms with van der Waals surface area (Å²) in [5, 5.41) is 13.2. The Morgan fingerprint density at radius 1 is 0.299 bits per heavy atom. The smallest absolute Gasteiger partial charge is 0.117 e. The van der Waals surface area contributed by atoms with Crippen molar-refractivity contribution in [3.05, 3.63) is 254 Å². The molecule has 3 aliphatic rings. The molecule has 2 aliphatic heterocycles. The second-order valence-electron chi connectivity index (χ2n) is 23.2. The van der Waals surface area contributed by atoms with E-state index in [-0.39, 0.29) is 5.41 Å². The van der Waals surface area contributed by atoms with E-state index < -0.39 is 16.1 Å². The van der Waals surface area contributed by atoms with Gasteiger partial charge in [0.2, 0.25) is 0 Å². The number of rotatable bonds is 5. The Hall–Kier alpha value is -8.55. The lowest BCUT2D eigenvalue weighted by Crippen LogP contribution is -2.58. The molecule has 0 spiro atoms. The summed E-state index contributed by atoms with van der Waals surface area (Å²) in [4.78, 5) is 5.11. The average Bonchev–Trinajstić information content (AvgIpc) is 3.71. The first-order valence-corrected chi connectivity index (χ1v) is 33.3. The van der Waals surface area contributed by atoms with Crippen molar-refractivity contribution in [1.29, 1.82) is 0 Å². The standard InChI is InChI=1S/C73H58N2Si2/c1-73(2)61-26-12-11-24-54(61)55-40-37-50(44-62(55)73)71-57-41-38-52(75-65-29-15-19-33-69(65)77(5,6)70-34-20-16-30-66(70)75)46-60(57)72(56-25-10-9-23-53(56)49-36-35-47-21-7-8-22-48(47)43-49)58-42-39-51(45-59(58)71)74-63-27-13-17-31-67(63)76(3,4)68-32-18-14-28-64(68)74/h7-46H,1-6H3. The van der Waals surface area contributed by atoms with Crippen LogP contribution in [0.2, 0.25) is 26.2 Å². The summed E-state index contributed by atoms with van der Waals surface area (Å²) in [6.45, 7) is 14.9. The van der Waals surface area contributed by atoms with Crippen LogP contribution in [0.3, 0.4) is 0 Å². The molecule has 0 amide bonds. The molecule has 0 unspecified atom stereocenters. The highest BCUT2D eigenvalue weighted by Crippen LogP contribution is 2.54. The molecule has 2 nitrogen and oxygen atoms in total. The molecule has 15 rings (SSSR count). The molecule has 0 saturated heterocycles. The van der Waals surface area contributed by atoms with E-state index in [1.807, 2.05) is 0 Å². The van der Waals surface area contributed by atoms with Gasteiger partial charge in [-0.2, -0.15) is 0 Å². The lowest BCUT2D eigenvalue weighted by Gasteiger charge is -2.41. The fourth-order valence-electron chi connectivity index (χ4n) is 14.1. The van der Waals surface area contributed by atoms with Crippen LogP contribution in [0.15, 0.2) is 243 Å². The van der Waals surface area contributed by atoms with Gasteiger partial charge in [0, 0.05) is 39.5 Å². The van der Waals surface area contributed by atoms with Gasteiger partial charge in [-0.05, 0) is 169 Å². The van der Waals surface area contributed by atoms with Gasteiger partial charge in [-0.3, -0.25) is 0 Å². The Bertz CT molecular complexity index is 4370. The molecular formula is C73H58N2Si2. The number of para-hydroxylation sites is 4. The summed E-state index contributed by atoms with van der Waals surface area (Å²) < 4.78 is 0. The van der Waals surface area contributed by atoms with E-state index >= 15 is 0 Å². The van der Waals surface area contributed by atoms with Crippen LogP contribution < -0.4 is 30.5 Å². The molecule has 1 aliphatic carbocycles. The maximum atomic E-state index is 2.56. The van der Waals surface area contributed by atoms with Gasteiger partial charge in [-0.1, -0.05) is 222 Å². The van der Waals surface area contributed by atoms with Crippen LogP contribution in [-0.2, 0) is 5.41 Å². The number of hydrogen-bond acceptors (Lipinski definition) is 2. The van der Waals surface area contributed by atoms with Crippen LogP contribution in [0, 0.1) is 0 Å². The third-order valence-electron chi connectivity index (χ3n) is 18.0. The third kappa shape index (κ3) is 6.65. The largest absolute Gasteiger partial charge is 0.311 e. The topological polar surface area (TPSA) is 6.48 Å². The highest BCUT2D eigenvalue weighted by Gasteiger charge is 2.41. The van der Waals surface area contributed by atoms with Crippen molar-refractivity contribution >= 4 is 103 Å². The lowest BCUT2D eigenvalue weighted by molar-refractivity contribution is 0.660. The lowest BCUT2D eigenvalue weighted by atomic mass is 9.80. The highest BCUT2D eigenvalue weighted by molar-refractivity contribution is 7.03. The molecule has 0 saturated carbocycles. The highest BCUT2D eigenvalue weighted by atomic mass is 28.3. The van der Waals surface area contributed by atoms with E-state index in [1.165, 1.54) is 131 Å². The molecule has 0 aromatic heterocycles. The number of nitrogens with zero attached hydrogens (tertiary/aromatic N) is 2. The Labute approximate surface area is 454 Å². The molecule has 0 radical (unpaired) electrons. The number of hydrogen-bond donors (Lipinski definition) is 0. The maximum Gasteiger partial charge on any atom is 0.117 e. The van der Waals surface area contributed by atoms with Crippen LogP contribution in [0.1, 0.15) is 25.0 Å². The molecule has 77 heavy (non-hydrogen) atoms. The zero-order valence-corrected chi connectivity index (χ0v) is 46.5. The zero-order chi connectivity index (χ0) is 52.0. The second kappa shape index (κ2) is 16.7. The van der Waals surface area contributed by atoms with E-state index in [9.17, 15) is 0 Å². The van der Waals surface area contributed by atoms with Crippen LogP contribution in [0.25, 0.3) is 76.8 Å². The van der Waals surface area contributed by atoms with E-state index in [1.54, 1.807) is 0 Å². The quantitative estimate of drug-likeness (QED) is 0.125. The molecule has 2 heterocycles. The third-order valence-corrected chi connectivity index (χ3v) is 25.1. The number of fused-ring (bicyclic) bond motifs is 10. The van der Waals surface area contributed by atoms with Crippen molar-refractivity contribution in [2.75, 3.05) is 9.80 Å². The molecule has 0 N–H and O–H groups in total. The van der Waals surface area contributed by atoms with Crippen LogP contribution in [-0.4, -0.2) is 16.1 Å². The molecule has 0 bridgehead atoms. The van der Waals surface area contributed by atoms with Gasteiger partial charge in [0.25, 0.3) is 0 Å². The Balaban J connectivity index is 1.07. The second-order valence-corrected chi connectivity index (χ2v) is 31.9. The van der Waals surface area contributed by atoms with Crippen molar-refractivity contribution in [2.45, 2.75) is 45.5 Å². The summed E-state index contributed by atoms with van der Waals surface area (Å²) in [5.41, 5.74) is 20.0. The van der Waals surface area contributed by atoms with E-state index in [4.69, 9.17) is 0 Å². The number of benzene rings is 12. The van der Waals surface area contributed by atoms with Crippen LogP contribution in [0.4, 0.5) is 34.1 Å². The van der Waals surface area contributed by atoms with Gasteiger partial charge in [0.1, 0.15) is 16.1 Å². The van der Waals surface area contributed by atoms with Crippen molar-refractivity contribution in [3.8, 4) is 44.5 Å². The minimum atomic E-state index is -2.04. The monoisotopic (exact) mass is 1020 g/mol. The Kier molecular flexibility index (Phi) is 9.95. The first kappa shape index (κ1) is 45.8. The summed E-state index contributed by atoms with van der Waals surface area (Å²) in [7, 11) is -4.07. The predicted octanol–water partition coefficient (Wildman–Crippen LogP) is 17.7. The van der Waals surface area contributed by atoms with Gasteiger partial charge < -0.3 is 9.80 Å². The van der Waals surface area contributed by atoms with E-state index in [2.05, 4.69) is 292 Å². The molecule has 368 valence electrons. The summed E-state index contributed by atoms with van der Waals surface area (Å²) in [6, 6.07) is 92.8. The molecule has 0 atom stereocenters. The van der Waals surface area contributed by atoms with Crippen molar-refractivity contribution < 1.29 is 0 Å². The van der Waals surface area contributed by atoms with Crippen molar-refractivity contribution in [1.82, 2.24) is 0 Å². The first-order valence-electron chi connectivity index (χ1n) is 27.3. The van der Waals surface area contributed by atoms with Crippen molar-refractivity contribution in [3.63, 3.8) is 0 Å². The van der Waals surface area contributed by atoms with Gasteiger partial charge in [-0.15, -0.1) is 0 Å². The van der Waals surface area contributed by atoms with Gasteiger partial charge in [0.05, 0.1) is 0 Å². The van der Waals surface area contributed by atoms with Crippen molar-refractivity contribution in [2.24, 2.45) is 0 Å². The molecule has 12 aromatic rings. The summed E-state index contributed by atoms with van der Waals surface area (Å²) in [6.07, 6.45) is 0. The SMILES string of the molecule is CC1(C)c2ccccc2-c2ccc(-c3c4cc(N5c6ccccc6[Si](C)(C)c6ccccc65)ccc4c(-c4ccccc4-c4ccc5ccccc5c4)c4cc(N5c6ccccc6[Si](C)(C)c6ccccc65)ccc34)cc21. The van der Waals surface area contributed by atoms with Crippen LogP contribution in [0.5, 0.6) is 0 Å². The maximum absolute atomic E-state index is 2.56. The average molecular weight is 1020 g/mol. The predicted molar refractivity (Wildman–Crippen MR) is 336 cm³/mol. The number of anilines is 6. The van der Waals surface area contributed by atoms with Gasteiger partial charge in [0.15, 0.2) is 0 Å². The summed E-state index contributed by atoms with van der Waals surface area (Å²) in [5.74, 6) is 0. The fraction of sp³-hybridized carbons (Fsp3) is 0.0959. The Morgan fingerprint density at radius 3 is 1.30 bits per heavy atom. The molecule has 4 heteroatoms. The molecular weight excluding hydrogens is 961 g/mol. The minimum Gasteiger partial charge on any atom is -0.311 e. The van der Waals surface area contributed by atoms with Gasteiger partial charge in [-0.25, -0.2) is 0 Å².